The van der Waals surface area contributed by atoms with Crippen LogP contribution in [0.25, 0.3) is 0 Å². The number of amides is 2. The van der Waals surface area contributed by atoms with E-state index >= 15 is 0 Å². The average molecular weight is 399 g/mol. The fraction of sp³-hybridized carbons (Fsp3) is 0.375. The third-order valence-corrected chi connectivity index (χ3v) is 4.12. The Balaban J connectivity index is 2.65. The van der Waals surface area contributed by atoms with Crippen LogP contribution in [0.15, 0.2) is 27.9 Å². The molecule has 3 N–H and O–H groups in total. The number of phenolic OH excluding ortho intramolecular Hbond substituents is 1. The fourth-order valence-electron chi connectivity index (χ4n) is 2.62. The molecule has 0 aromatic heterocycles. The summed E-state index contributed by atoms with van der Waals surface area (Å²) < 4.78 is 10.6. The molecule has 1 heterocycles. The predicted octanol–water partition coefficient (Wildman–Crippen LogP) is 2.74. The van der Waals surface area contributed by atoms with Crippen LogP contribution >= 0.6 is 15.9 Å². The van der Waals surface area contributed by atoms with Gasteiger partial charge in [-0.05, 0) is 18.6 Å². The van der Waals surface area contributed by atoms with Crippen molar-refractivity contribution < 1.29 is 24.2 Å². The summed E-state index contributed by atoms with van der Waals surface area (Å²) in [6.07, 6.45) is 1.23. The van der Waals surface area contributed by atoms with E-state index in [1.165, 1.54) is 14.2 Å². The third kappa shape index (κ3) is 3.48. The second-order valence-corrected chi connectivity index (χ2v) is 6.13. The van der Waals surface area contributed by atoms with Gasteiger partial charge in [-0.3, -0.25) is 0 Å². The van der Waals surface area contributed by atoms with Gasteiger partial charge in [0.2, 0.25) is 0 Å². The number of urea groups is 1. The van der Waals surface area contributed by atoms with Gasteiger partial charge in [-0.15, -0.1) is 0 Å². The van der Waals surface area contributed by atoms with Gasteiger partial charge in [-0.25, -0.2) is 9.59 Å². The highest BCUT2D eigenvalue weighted by atomic mass is 79.9. The molecule has 2 amide bonds. The minimum atomic E-state index is -0.848. The lowest BCUT2D eigenvalue weighted by atomic mass is 9.93. The van der Waals surface area contributed by atoms with Crippen LogP contribution < -0.4 is 15.4 Å². The van der Waals surface area contributed by atoms with Crippen LogP contribution in [0.4, 0.5) is 4.79 Å². The van der Waals surface area contributed by atoms with E-state index in [0.717, 1.165) is 6.42 Å². The van der Waals surface area contributed by atoms with Crippen molar-refractivity contribution in [2.24, 2.45) is 0 Å². The molecule has 1 aliphatic heterocycles. The van der Waals surface area contributed by atoms with Gasteiger partial charge in [0, 0.05) is 15.7 Å². The number of carbonyl (C=O) groups excluding carboxylic acids is 2. The van der Waals surface area contributed by atoms with E-state index in [2.05, 4.69) is 26.6 Å². The smallest absolute Gasteiger partial charge is 0.337 e. The third-order valence-electron chi connectivity index (χ3n) is 3.66. The number of aromatic hydroxyl groups is 1. The number of methoxy groups -OCH3 is 2. The van der Waals surface area contributed by atoms with Crippen LogP contribution in [0.5, 0.6) is 11.5 Å². The van der Waals surface area contributed by atoms with Crippen LogP contribution in [-0.2, 0) is 9.53 Å². The standard InChI is InChI=1S/C16H19BrN2O5/c1-4-5-10-12(15(21)24-3)13(19-16(22)18-10)9-6-8(17)7-11(23-2)14(9)20/h6-7,13,20H,4-5H2,1-3H3,(H2,18,19,22). The number of hydrogen-bond donors (Lipinski definition) is 3. The summed E-state index contributed by atoms with van der Waals surface area (Å²) in [5.41, 5.74) is 1.08. The average Bonchev–Trinajstić information content (AvgIpc) is 2.55. The van der Waals surface area contributed by atoms with Crippen molar-refractivity contribution in [3.8, 4) is 11.5 Å². The molecule has 1 atom stereocenters. The number of halogens is 1. The van der Waals surface area contributed by atoms with E-state index in [9.17, 15) is 14.7 Å². The summed E-state index contributed by atoms with van der Waals surface area (Å²) >= 11 is 3.34. The Morgan fingerprint density at radius 3 is 2.67 bits per heavy atom. The molecule has 1 aromatic carbocycles. The van der Waals surface area contributed by atoms with E-state index in [1.807, 2.05) is 6.92 Å². The molecular weight excluding hydrogens is 380 g/mol. The quantitative estimate of drug-likeness (QED) is 0.662. The normalized spacial score (nSPS) is 17.2. The van der Waals surface area contributed by atoms with E-state index in [-0.39, 0.29) is 17.1 Å². The number of ether oxygens (including phenoxy) is 2. The molecule has 7 nitrogen and oxygen atoms in total. The van der Waals surface area contributed by atoms with Gasteiger partial charge in [0.1, 0.15) is 0 Å². The molecule has 0 spiro atoms. The molecule has 0 aliphatic carbocycles. The maximum atomic E-state index is 12.3. The fourth-order valence-corrected chi connectivity index (χ4v) is 3.07. The first kappa shape index (κ1) is 18.1. The summed E-state index contributed by atoms with van der Waals surface area (Å²) in [4.78, 5) is 24.3. The molecule has 1 unspecified atom stereocenters. The predicted molar refractivity (Wildman–Crippen MR) is 90.7 cm³/mol. The molecule has 0 saturated heterocycles. The first-order chi connectivity index (χ1) is 11.4. The van der Waals surface area contributed by atoms with Crippen molar-refractivity contribution in [1.82, 2.24) is 10.6 Å². The molecule has 24 heavy (non-hydrogen) atoms. The molecule has 0 radical (unpaired) electrons. The van der Waals surface area contributed by atoms with Crippen molar-refractivity contribution in [3.63, 3.8) is 0 Å². The zero-order valence-electron chi connectivity index (χ0n) is 13.6. The lowest BCUT2D eigenvalue weighted by molar-refractivity contribution is -0.136. The summed E-state index contributed by atoms with van der Waals surface area (Å²) in [7, 11) is 2.69. The van der Waals surface area contributed by atoms with Gasteiger partial charge < -0.3 is 25.2 Å². The maximum absolute atomic E-state index is 12.3. The van der Waals surface area contributed by atoms with Gasteiger partial charge in [-0.1, -0.05) is 29.3 Å². The van der Waals surface area contributed by atoms with Crippen molar-refractivity contribution in [2.45, 2.75) is 25.8 Å². The Labute approximate surface area is 148 Å². The number of nitrogens with one attached hydrogen (secondary N) is 2. The number of esters is 1. The van der Waals surface area contributed by atoms with E-state index in [1.54, 1.807) is 12.1 Å². The minimum absolute atomic E-state index is 0.148. The monoisotopic (exact) mass is 398 g/mol. The molecule has 0 saturated carbocycles. The van der Waals surface area contributed by atoms with Crippen molar-refractivity contribution >= 4 is 27.9 Å². The zero-order valence-corrected chi connectivity index (χ0v) is 15.2. The first-order valence-corrected chi connectivity index (χ1v) is 8.17. The molecule has 130 valence electrons. The van der Waals surface area contributed by atoms with Gasteiger partial charge >= 0.3 is 12.0 Å². The van der Waals surface area contributed by atoms with Gasteiger partial charge in [0.05, 0.1) is 25.8 Å². The Morgan fingerprint density at radius 1 is 1.38 bits per heavy atom. The number of benzene rings is 1. The topological polar surface area (TPSA) is 96.9 Å². The highest BCUT2D eigenvalue weighted by Gasteiger charge is 2.35. The number of carbonyl (C=O) groups is 2. The lowest BCUT2D eigenvalue weighted by Crippen LogP contribution is -2.45. The largest absolute Gasteiger partial charge is 0.504 e. The Bertz CT molecular complexity index is 702. The van der Waals surface area contributed by atoms with Crippen molar-refractivity contribution in [1.29, 1.82) is 0 Å². The molecular formula is C16H19BrN2O5. The van der Waals surface area contributed by atoms with Gasteiger partial charge in [-0.2, -0.15) is 0 Å². The van der Waals surface area contributed by atoms with Crippen LogP contribution in [-0.4, -0.2) is 31.3 Å². The highest BCUT2D eigenvalue weighted by molar-refractivity contribution is 9.10. The van der Waals surface area contributed by atoms with E-state index in [4.69, 9.17) is 9.47 Å². The summed E-state index contributed by atoms with van der Waals surface area (Å²) in [5, 5.41) is 15.8. The second-order valence-electron chi connectivity index (χ2n) is 5.21. The van der Waals surface area contributed by atoms with Crippen molar-refractivity contribution in [3.05, 3.63) is 33.4 Å². The number of allylic oxidation sites excluding steroid dienone is 1. The summed E-state index contributed by atoms with van der Waals surface area (Å²) in [5.74, 6) is -0.493. The van der Waals surface area contributed by atoms with Gasteiger partial charge in [0.25, 0.3) is 0 Å². The van der Waals surface area contributed by atoms with Crippen LogP contribution in [0.3, 0.4) is 0 Å². The Morgan fingerprint density at radius 2 is 2.08 bits per heavy atom. The molecule has 0 bridgehead atoms. The summed E-state index contributed by atoms with van der Waals surface area (Å²) in [6.45, 7) is 1.94. The summed E-state index contributed by atoms with van der Waals surface area (Å²) in [6, 6.07) is 1.92. The number of phenols is 1. The van der Waals surface area contributed by atoms with Gasteiger partial charge in [0.15, 0.2) is 11.5 Å². The SMILES string of the molecule is CCCC1=C(C(=O)OC)C(c2cc(Br)cc(OC)c2O)NC(=O)N1. The number of rotatable bonds is 5. The second kappa shape index (κ2) is 7.57. The van der Waals surface area contributed by atoms with Crippen LogP contribution in [0.1, 0.15) is 31.4 Å². The molecule has 2 rings (SSSR count). The zero-order chi connectivity index (χ0) is 17.9. The Kier molecular flexibility index (Phi) is 5.71. The van der Waals surface area contributed by atoms with E-state index in [0.29, 0.717) is 22.2 Å². The first-order valence-electron chi connectivity index (χ1n) is 7.38. The molecule has 1 aromatic rings. The highest BCUT2D eigenvalue weighted by Crippen LogP contribution is 2.41. The van der Waals surface area contributed by atoms with Crippen LogP contribution in [0.2, 0.25) is 0 Å². The van der Waals surface area contributed by atoms with Crippen LogP contribution in [0, 0.1) is 0 Å². The van der Waals surface area contributed by atoms with Crippen molar-refractivity contribution in [2.75, 3.05) is 14.2 Å². The number of hydrogen-bond acceptors (Lipinski definition) is 5. The lowest BCUT2D eigenvalue weighted by Gasteiger charge is -2.29. The Hall–Kier alpha value is -2.22. The maximum Gasteiger partial charge on any atom is 0.337 e. The molecule has 0 fully saturated rings. The molecule has 1 aliphatic rings. The van der Waals surface area contributed by atoms with E-state index < -0.39 is 18.0 Å². The molecule has 8 heteroatoms. The minimum Gasteiger partial charge on any atom is -0.504 e.